The van der Waals surface area contributed by atoms with Gasteiger partial charge in [-0.2, -0.15) is 5.10 Å². The zero-order valence-electron chi connectivity index (χ0n) is 7.99. The van der Waals surface area contributed by atoms with E-state index in [1.54, 1.807) is 24.4 Å². The molecule has 1 aromatic heterocycles. The van der Waals surface area contributed by atoms with Gasteiger partial charge in [0.25, 0.3) is 0 Å². The minimum absolute atomic E-state index is 0.102. The number of aromatic hydroxyl groups is 1. The van der Waals surface area contributed by atoms with Gasteiger partial charge in [0.05, 0.1) is 12.8 Å². The minimum Gasteiger partial charge on any atom is -0.504 e. The van der Waals surface area contributed by atoms with Gasteiger partial charge in [0, 0.05) is 16.2 Å². The number of H-pyrrole nitrogens is 1. The third kappa shape index (κ3) is 1.83. The summed E-state index contributed by atoms with van der Waals surface area (Å²) in [4.78, 5) is 0. The van der Waals surface area contributed by atoms with E-state index in [0.29, 0.717) is 11.3 Å². The Kier molecular flexibility index (Phi) is 2.64. The number of nitrogens with one attached hydrogen (secondary N) is 1. The summed E-state index contributed by atoms with van der Waals surface area (Å²) in [6.07, 6.45) is 1.63. The van der Waals surface area contributed by atoms with Crippen LogP contribution in [0.1, 0.15) is 0 Å². The predicted molar refractivity (Wildman–Crippen MR) is 59.9 cm³/mol. The lowest BCUT2D eigenvalue weighted by atomic mass is 10.1. The van der Waals surface area contributed by atoms with Crippen LogP contribution in [0.15, 0.2) is 28.9 Å². The third-order valence-corrected chi connectivity index (χ3v) is 2.51. The van der Waals surface area contributed by atoms with Crippen molar-refractivity contribution in [3.05, 3.63) is 28.9 Å². The number of aromatic amines is 1. The molecule has 2 N–H and O–H groups in total. The number of halogens is 1. The maximum atomic E-state index is 9.89. The van der Waals surface area contributed by atoms with Crippen LogP contribution >= 0.6 is 15.9 Å². The van der Waals surface area contributed by atoms with Crippen LogP contribution in [0.5, 0.6) is 11.5 Å². The van der Waals surface area contributed by atoms with Crippen molar-refractivity contribution in [3.8, 4) is 22.8 Å². The van der Waals surface area contributed by atoms with E-state index in [1.807, 2.05) is 0 Å². The van der Waals surface area contributed by atoms with Crippen molar-refractivity contribution in [1.29, 1.82) is 0 Å². The first-order valence-electron chi connectivity index (χ1n) is 4.28. The third-order valence-electron chi connectivity index (χ3n) is 2.05. The number of ether oxygens (including phenoxy) is 1. The molecule has 0 bridgehead atoms. The highest BCUT2D eigenvalue weighted by Gasteiger charge is 2.12. The Balaban J connectivity index is 2.61. The predicted octanol–water partition coefficient (Wildman–Crippen LogP) is 2.55. The van der Waals surface area contributed by atoms with E-state index in [0.717, 1.165) is 10.2 Å². The van der Waals surface area contributed by atoms with Crippen molar-refractivity contribution in [2.75, 3.05) is 7.11 Å². The van der Waals surface area contributed by atoms with Crippen molar-refractivity contribution in [1.82, 2.24) is 10.2 Å². The van der Waals surface area contributed by atoms with Crippen LogP contribution in [0.2, 0.25) is 0 Å². The largest absolute Gasteiger partial charge is 0.504 e. The molecule has 2 aromatic rings. The van der Waals surface area contributed by atoms with Crippen LogP contribution in [0.3, 0.4) is 0 Å². The molecule has 0 aliphatic rings. The van der Waals surface area contributed by atoms with E-state index in [1.165, 1.54) is 7.11 Å². The standard InChI is InChI=1S/C10H9BrN2O2/c1-15-9-5-6(11)4-7(10(9)14)8-2-3-12-13-8/h2-5,14H,1H3,(H,12,13). The molecule has 78 valence electrons. The molecule has 0 spiro atoms. The maximum Gasteiger partial charge on any atom is 0.167 e. The number of methoxy groups -OCH3 is 1. The Morgan fingerprint density at radius 1 is 1.47 bits per heavy atom. The molecule has 0 fully saturated rings. The Labute approximate surface area is 95.0 Å². The molecule has 0 unspecified atom stereocenters. The summed E-state index contributed by atoms with van der Waals surface area (Å²) in [7, 11) is 1.51. The van der Waals surface area contributed by atoms with E-state index in [9.17, 15) is 5.11 Å². The molecule has 0 saturated carbocycles. The van der Waals surface area contributed by atoms with Gasteiger partial charge in [-0.05, 0) is 18.2 Å². The number of hydrogen-bond donors (Lipinski definition) is 2. The minimum atomic E-state index is 0.102. The first-order valence-corrected chi connectivity index (χ1v) is 5.08. The fourth-order valence-electron chi connectivity index (χ4n) is 1.34. The molecule has 0 aliphatic heterocycles. The molecular weight excluding hydrogens is 260 g/mol. The highest BCUT2D eigenvalue weighted by Crippen LogP contribution is 2.38. The summed E-state index contributed by atoms with van der Waals surface area (Å²) >= 11 is 3.35. The van der Waals surface area contributed by atoms with Gasteiger partial charge >= 0.3 is 0 Å². The normalized spacial score (nSPS) is 10.3. The second kappa shape index (κ2) is 3.94. The van der Waals surface area contributed by atoms with Gasteiger partial charge in [-0.15, -0.1) is 0 Å². The molecule has 0 radical (unpaired) electrons. The van der Waals surface area contributed by atoms with E-state index in [4.69, 9.17) is 4.74 Å². The van der Waals surface area contributed by atoms with Crippen LogP contribution in [-0.4, -0.2) is 22.4 Å². The van der Waals surface area contributed by atoms with Crippen molar-refractivity contribution in [2.24, 2.45) is 0 Å². The summed E-state index contributed by atoms with van der Waals surface area (Å²) in [6, 6.07) is 5.28. The lowest BCUT2D eigenvalue weighted by molar-refractivity contribution is 0.374. The number of aromatic nitrogens is 2. The van der Waals surface area contributed by atoms with Crippen molar-refractivity contribution >= 4 is 15.9 Å². The summed E-state index contributed by atoms with van der Waals surface area (Å²) in [5.41, 5.74) is 1.39. The van der Waals surface area contributed by atoms with Gasteiger partial charge < -0.3 is 9.84 Å². The number of benzene rings is 1. The summed E-state index contributed by atoms with van der Waals surface area (Å²) in [5, 5.41) is 16.5. The van der Waals surface area contributed by atoms with Crippen LogP contribution < -0.4 is 4.74 Å². The zero-order chi connectivity index (χ0) is 10.8. The monoisotopic (exact) mass is 268 g/mol. The molecule has 0 saturated heterocycles. The highest BCUT2D eigenvalue weighted by atomic mass is 79.9. The lowest BCUT2D eigenvalue weighted by Gasteiger charge is -2.08. The summed E-state index contributed by atoms with van der Waals surface area (Å²) < 4.78 is 5.89. The average molecular weight is 269 g/mol. The first kappa shape index (κ1) is 10.0. The Hall–Kier alpha value is -1.49. The van der Waals surface area contributed by atoms with Gasteiger partial charge in [0.1, 0.15) is 0 Å². The Bertz CT molecular complexity index is 469. The van der Waals surface area contributed by atoms with E-state index in [2.05, 4.69) is 26.1 Å². The number of rotatable bonds is 2. The van der Waals surface area contributed by atoms with Gasteiger partial charge in [-0.25, -0.2) is 0 Å². The molecule has 1 aromatic carbocycles. The fraction of sp³-hybridized carbons (Fsp3) is 0.100. The number of phenols is 1. The molecule has 15 heavy (non-hydrogen) atoms. The molecule has 0 aliphatic carbocycles. The van der Waals surface area contributed by atoms with Gasteiger partial charge in [0.2, 0.25) is 0 Å². The van der Waals surface area contributed by atoms with Crippen molar-refractivity contribution in [3.63, 3.8) is 0 Å². The molecule has 1 heterocycles. The lowest BCUT2D eigenvalue weighted by Crippen LogP contribution is -1.87. The van der Waals surface area contributed by atoms with Crippen LogP contribution in [-0.2, 0) is 0 Å². The number of hydrogen-bond acceptors (Lipinski definition) is 3. The van der Waals surface area contributed by atoms with Gasteiger partial charge in [0.15, 0.2) is 11.5 Å². The molecule has 0 amide bonds. The second-order valence-electron chi connectivity index (χ2n) is 2.97. The van der Waals surface area contributed by atoms with E-state index < -0.39 is 0 Å². The van der Waals surface area contributed by atoms with Crippen molar-refractivity contribution in [2.45, 2.75) is 0 Å². The molecule has 0 atom stereocenters. The fourth-order valence-corrected chi connectivity index (χ4v) is 1.78. The van der Waals surface area contributed by atoms with E-state index >= 15 is 0 Å². The smallest absolute Gasteiger partial charge is 0.167 e. The average Bonchev–Trinajstić information content (AvgIpc) is 2.74. The first-order chi connectivity index (χ1) is 7.22. The molecular formula is C10H9BrN2O2. The number of nitrogens with zero attached hydrogens (tertiary/aromatic N) is 1. The number of phenolic OH excluding ortho intramolecular Hbond substituents is 1. The van der Waals surface area contributed by atoms with E-state index in [-0.39, 0.29) is 5.75 Å². The van der Waals surface area contributed by atoms with Crippen LogP contribution in [0.25, 0.3) is 11.3 Å². The van der Waals surface area contributed by atoms with Crippen LogP contribution in [0.4, 0.5) is 0 Å². The Morgan fingerprint density at radius 3 is 2.87 bits per heavy atom. The maximum absolute atomic E-state index is 9.89. The second-order valence-corrected chi connectivity index (χ2v) is 3.89. The molecule has 4 nitrogen and oxygen atoms in total. The summed E-state index contributed by atoms with van der Waals surface area (Å²) in [6.45, 7) is 0. The zero-order valence-corrected chi connectivity index (χ0v) is 9.58. The highest BCUT2D eigenvalue weighted by molar-refractivity contribution is 9.10. The topological polar surface area (TPSA) is 58.1 Å². The van der Waals surface area contributed by atoms with Gasteiger partial charge in [-0.1, -0.05) is 15.9 Å². The van der Waals surface area contributed by atoms with Crippen molar-refractivity contribution < 1.29 is 9.84 Å². The molecule has 2 rings (SSSR count). The van der Waals surface area contributed by atoms with Crippen LogP contribution in [0, 0.1) is 0 Å². The Morgan fingerprint density at radius 2 is 2.27 bits per heavy atom. The summed E-state index contributed by atoms with van der Waals surface area (Å²) in [5.74, 6) is 0.527. The quantitative estimate of drug-likeness (QED) is 0.880. The SMILES string of the molecule is COc1cc(Br)cc(-c2ccn[nH]2)c1O. The molecule has 5 heteroatoms. The van der Waals surface area contributed by atoms with Gasteiger partial charge in [-0.3, -0.25) is 5.10 Å².